The molecule has 1 aromatic heterocycles. The second-order valence-corrected chi connectivity index (χ2v) is 7.08. The van der Waals surface area contributed by atoms with Crippen LogP contribution in [0.5, 0.6) is 5.75 Å². The van der Waals surface area contributed by atoms with E-state index in [1.165, 1.54) is 0 Å². The maximum atomic E-state index is 12.6. The number of hydrogen-bond donors (Lipinski definition) is 1. The molecule has 0 spiro atoms. The van der Waals surface area contributed by atoms with Gasteiger partial charge >= 0.3 is 6.01 Å². The first-order valence-corrected chi connectivity index (χ1v) is 9.17. The van der Waals surface area contributed by atoms with Crippen molar-refractivity contribution >= 4 is 40.5 Å². The first-order valence-electron chi connectivity index (χ1n) is 8.79. The molecule has 3 aromatic rings. The molecule has 1 N–H and O–H groups in total. The van der Waals surface area contributed by atoms with Gasteiger partial charge in [0.05, 0.1) is 13.0 Å². The second kappa shape index (κ2) is 7.52. The van der Waals surface area contributed by atoms with Gasteiger partial charge in [-0.2, -0.15) is 4.98 Å². The van der Waals surface area contributed by atoms with Gasteiger partial charge in [-0.1, -0.05) is 23.7 Å². The Morgan fingerprint density at radius 2 is 2.11 bits per heavy atom. The van der Waals surface area contributed by atoms with Gasteiger partial charge in [-0.15, -0.1) is 0 Å². The molecule has 0 radical (unpaired) electrons. The van der Waals surface area contributed by atoms with Gasteiger partial charge in [0, 0.05) is 30.6 Å². The van der Waals surface area contributed by atoms with E-state index in [-0.39, 0.29) is 24.2 Å². The number of rotatable bonds is 5. The Morgan fingerprint density at radius 3 is 2.86 bits per heavy atom. The Kier molecular flexibility index (Phi) is 4.92. The third-order valence-corrected chi connectivity index (χ3v) is 4.93. The van der Waals surface area contributed by atoms with Crippen molar-refractivity contribution in [1.82, 2.24) is 9.88 Å². The van der Waals surface area contributed by atoms with Crippen molar-refractivity contribution in [2.75, 3.05) is 19.0 Å². The van der Waals surface area contributed by atoms with Crippen LogP contribution in [0, 0.1) is 5.92 Å². The lowest BCUT2D eigenvalue weighted by atomic mass is 10.1. The number of nitrogens with zero attached hydrogens (tertiary/aromatic N) is 2. The standard InChI is InChI=1S/C20H18ClN3O4/c1-27-15-5-2-12(3-6-15)10-24-11-13(8-18(24)25)19(26)23-20-22-16-7-4-14(21)9-17(16)28-20/h2-7,9,13H,8,10-11H2,1H3,(H,22,23,26)/t13-/m1/s1. The third kappa shape index (κ3) is 3.80. The minimum Gasteiger partial charge on any atom is -0.497 e. The number of carbonyl (C=O) groups is 2. The molecule has 2 amide bonds. The SMILES string of the molecule is COc1ccc(CN2C[C@H](C(=O)Nc3nc4ccc(Cl)cc4o3)CC2=O)cc1. The van der Waals surface area contributed by atoms with Crippen molar-refractivity contribution in [3.8, 4) is 5.75 Å². The van der Waals surface area contributed by atoms with Crippen LogP contribution in [0.4, 0.5) is 6.01 Å². The van der Waals surface area contributed by atoms with Crippen LogP contribution in [0.3, 0.4) is 0 Å². The average molecular weight is 400 g/mol. The van der Waals surface area contributed by atoms with Crippen molar-refractivity contribution < 1.29 is 18.7 Å². The zero-order valence-electron chi connectivity index (χ0n) is 15.1. The third-order valence-electron chi connectivity index (χ3n) is 4.70. The van der Waals surface area contributed by atoms with Crippen LogP contribution in [-0.2, 0) is 16.1 Å². The van der Waals surface area contributed by atoms with E-state index in [1.807, 2.05) is 24.3 Å². The molecule has 8 heteroatoms. The summed E-state index contributed by atoms with van der Waals surface area (Å²) >= 11 is 5.93. The van der Waals surface area contributed by atoms with Crippen LogP contribution in [0.25, 0.3) is 11.1 Å². The number of ether oxygens (including phenoxy) is 1. The number of amides is 2. The van der Waals surface area contributed by atoms with Gasteiger partial charge in [-0.25, -0.2) is 0 Å². The number of carbonyl (C=O) groups excluding carboxylic acids is 2. The van der Waals surface area contributed by atoms with Gasteiger partial charge in [-0.3, -0.25) is 14.9 Å². The molecule has 144 valence electrons. The number of halogens is 1. The topological polar surface area (TPSA) is 84.7 Å². The number of fused-ring (bicyclic) bond motifs is 1. The highest BCUT2D eigenvalue weighted by atomic mass is 35.5. The van der Waals surface area contributed by atoms with Crippen LogP contribution in [0.1, 0.15) is 12.0 Å². The van der Waals surface area contributed by atoms with E-state index in [0.29, 0.717) is 29.2 Å². The molecule has 0 bridgehead atoms. The van der Waals surface area contributed by atoms with E-state index in [2.05, 4.69) is 10.3 Å². The number of nitrogens with one attached hydrogen (secondary N) is 1. The number of anilines is 1. The normalized spacial score (nSPS) is 16.6. The van der Waals surface area contributed by atoms with Crippen LogP contribution in [0.2, 0.25) is 5.02 Å². The number of benzene rings is 2. The Balaban J connectivity index is 1.40. The van der Waals surface area contributed by atoms with Crippen molar-refractivity contribution in [2.45, 2.75) is 13.0 Å². The molecule has 1 aliphatic heterocycles. The van der Waals surface area contributed by atoms with Crippen molar-refractivity contribution in [1.29, 1.82) is 0 Å². The molecule has 0 unspecified atom stereocenters. The molecule has 1 saturated heterocycles. The smallest absolute Gasteiger partial charge is 0.302 e. The lowest BCUT2D eigenvalue weighted by Crippen LogP contribution is -2.28. The number of aromatic nitrogens is 1. The van der Waals surface area contributed by atoms with Gasteiger partial charge in [0.25, 0.3) is 0 Å². The van der Waals surface area contributed by atoms with Gasteiger partial charge in [-0.05, 0) is 29.8 Å². The Morgan fingerprint density at radius 1 is 1.32 bits per heavy atom. The predicted molar refractivity (Wildman–Crippen MR) is 104 cm³/mol. The highest BCUT2D eigenvalue weighted by molar-refractivity contribution is 6.31. The van der Waals surface area contributed by atoms with E-state index in [9.17, 15) is 9.59 Å². The summed E-state index contributed by atoms with van der Waals surface area (Å²) in [7, 11) is 1.60. The molecule has 1 atom stereocenters. The molecule has 7 nitrogen and oxygen atoms in total. The number of likely N-dealkylation sites (tertiary alicyclic amines) is 1. The molecular weight excluding hydrogens is 382 g/mol. The summed E-state index contributed by atoms with van der Waals surface area (Å²) in [6.45, 7) is 0.802. The van der Waals surface area contributed by atoms with E-state index < -0.39 is 5.92 Å². The molecule has 0 aliphatic carbocycles. The molecular formula is C20H18ClN3O4. The fourth-order valence-electron chi connectivity index (χ4n) is 3.21. The monoisotopic (exact) mass is 399 g/mol. The zero-order chi connectivity index (χ0) is 19.7. The van der Waals surface area contributed by atoms with Crippen molar-refractivity contribution in [2.24, 2.45) is 5.92 Å². The fourth-order valence-corrected chi connectivity index (χ4v) is 3.37. The molecule has 28 heavy (non-hydrogen) atoms. The van der Waals surface area contributed by atoms with Crippen LogP contribution in [-0.4, -0.2) is 35.4 Å². The maximum Gasteiger partial charge on any atom is 0.302 e. The highest BCUT2D eigenvalue weighted by Crippen LogP contribution is 2.25. The molecule has 2 heterocycles. The largest absolute Gasteiger partial charge is 0.497 e. The first-order chi connectivity index (χ1) is 13.5. The van der Waals surface area contributed by atoms with Crippen molar-refractivity contribution in [3.05, 3.63) is 53.1 Å². The highest BCUT2D eigenvalue weighted by Gasteiger charge is 2.34. The number of methoxy groups -OCH3 is 1. The summed E-state index contributed by atoms with van der Waals surface area (Å²) < 4.78 is 10.7. The van der Waals surface area contributed by atoms with Crippen LogP contribution in [0.15, 0.2) is 46.9 Å². The number of oxazole rings is 1. The quantitative estimate of drug-likeness (QED) is 0.710. The molecule has 1 aliphatic rings. The van der Waals surface area contributed by atoms with Crippen LogP contribution < -0.4 is 10.1 Å². The van der Waals surface area contributed by atoms with Crippen LogP contribution >= 0.6 is 11.6 Å². The zero-order valence-corrected chi connectivity index (χ0v) is 15.9. The summed E-state index contributed by atoms with van der Waals surface area (Å²) in [5.74, 6) is -0.0405. The molecule has 4 rings (SSSR count). The van der Waals surface area contributed by atoms with Gasteiger partial charge in [0.15, 0.2) is 5.58 Å². The minimum absolute atomic E-state index is 0.0553. The Hall–Kier alpha value is -3.06. The summed E-state index contributed by atoms with van der Waals surface area (Å²) in [5.41, 5.74) is 2.07. The average Bonchev–Trinajstić information content (AvgIpc) is 3.25. The van der Waals surface area contributed by atoms with E-state index in [1.54, 1.807) is 30.2 Å². The summed E-state index contributed by atoms with van der Waals surface area (Å²) in [6, 6.07) is 12.7. The van der Waals surface area contributed by atoms with Gasteiger partial charge < -0.3 is 14.1 Å². The van der Waals surface area contributed by atoms with Crippen molar-refractivity contribution in [3.63, 3.8) is 0 Å². The summed E-state index contributed by atoms with van der Waals surface area (Å²) in [5, 5.41) is 3.18. The maximum absolute atomic E-state index is 12.6. The lowest BCUT2D eigenvalue weighted by Gasteiger charge is -2.16. The fraction of sp³-hybridized carbons (Fsp3) is 0.250. The molecule has 1 fully saturated rings. The lowest BCUT2D eigenvalue weighted by molar-refractivity contribution is -0.128. The first kappa shape index (κ1) is 18.3. The van der Waals surface area contributed by atoms with E-state index in [4.69, 9.17) is 20.8 Å². The molecule has 2 aromatic carbocycles. The Labute approximate surface area is 166 Å². The van der Waals surface area contributed by atoms with E-state index >= 15 is 0 Å². The number of hydrogen-bond acceptors (Lipinski definition) is 5. The summed E-state index contributed by atoms with van der Waals surface area (Å²) in [6.07, 6.45) is 0.161. The van der Waals surface area contributed by atoms with Gasteiger partial charge in [0.2, 0.25) is 11.8 Å². The molecule has 0 saturated carbocycles. The van der Waals surface area contributed by atoms with Gasteiger partial charge in [0.1, 0.15) is 11.3 Å². The Bertz CT molecular complexity index is 1030. The van der Waals surface area contributed by atoms with E-state index in [0.717, 1.165) is 11.3 Å². The minimum atomic E-state index is -0.454. The summed E-state index contributed by atoms with van der Waals surface area (Å²) in [4.78, 5) is 30.8. The predicted octanol–water partition coefficient (Wildman–Crippen LogP) is 3.48. The second-order valence-electron chi connectivity index (χ2n) is 6.64.